The summed E-state index contributed by atoms with van der Waals surface area (Å²) < 4.78 is 2.14. The minimum absolute atomic E-state index is 0.0527. The van der Waals surface area contributed by atoms with Crippen LogP contribution in [0.2, 0.25) is 0 Å². The molecule has 124 valence electrons. The van der Waals surface area contributed by atoms with E-state index < -0.39 is 0 Å². The zero-order chi connectivity index (χ0) is 16.8. The predicted molar refractivity (Wildman–Crippen MR) is 96.3 cm³/mol. The van der Waals surface area contributed by atoms with Crippen LogP contribution in [0.5, 0.6) is 0 Å². The number of aryl methyl sites for hydroxylation is 1. The summed E-state index contributed by atoms with van der Waals surface area (Å²) in [5.41, 5.74) is 3.08. The Bertz CT molecular complexity index is 811. The Balaban J connectivity index is 1.84. The van der Waals surface area contributed by atoms with Crippen molar-refractivity contribution < 1.29 is 4.79 Å². The number of carbonyl (C=O) groups is 1. The molecule has 0 bridgehead atoms. The van der Waals surface area contributed by atoms with Gasteiger partial charge in [0.05, 0.1) is 11.0 Å². The number of carbonyl (C=O) groups excluding carboxylic acids is 1. The summed E-state index contributed by atoms with van der Waals surface area (Å²) in [6, 6.07) is 18.2. The first-order chi connectivity index (χ1) is 11.8. The van der Waals surface area contributed by atoms with Crippen molar-refractivity contribution in [2.24, 2.45) is 0 Å². The van der Waals surface area contributed by atoms with Gasteiger partial charge in [0.1, 0.15) is 5.82 Å². The smallest absolute Gasteiger partial charge is 0.220 e. The number of likely N-dealkylation sites (N-methyl/N-ethyl adjacent to an activating group) is 1. The topological polar surface area (TPSA) is 58.9 Å². The molecule has 0 fully saturated rings. The quantitative estimate of drug-likeness (QED) is 0.656. The number of imidazole rings is 1. The van der Waals surface area contributed by atoms with E-state index in [1.165, 1.54) is 0 Å². The molecule has 1 heterocycles. The van der Waals surface area contributed by atoms with E-state index >= 15 is 0 Å². The van der Waals surface area contributed by atoms with Crippen LogP contribution < -0.4 is 10.6 Å². The van der Waals surface area contributed by atoms with E-state index in [-0.39, 0.29) is 5.91 Å². The lowest BCUT2D eigenvalue weighted by Gasteiger charge is -2.09. The van der Waals surface area contributed by atoms with Crippen LogP contribution in [0.3, 0.4) is 0 Å². The number of hydrogen-bond donors (Lipinski definition) is 2. The summed E-state index contributed by atoms with van der Waals surface area (Å²) in [7, 11) is 1.87. The van der Waals surface area contributed by atoms with Gasteiger partial charge in [-0.15, -0.1) is 0 Å². The Labute approximate surface area is 141 Å². The van der Waals surface area contributed by atoms with Crippen LogP contribution >= 0.6 is 0 Å². The van der Waals surface area contributed by atoms with Crippen molar-refractivity contribution in [1.82, 2.24) is 20.2 Å². The highest BCUT2D eigenvalue weighted by Gasteiger charge is 2.13. The molecule has 3 rings (SSSR count). The van der Waals surface area contributed by atoms with E-state index in [0.29, 0.717) is 19.4 Å². The van der Waals surface area contributed by atoms with E-state index in [4.69, 9.17) is 4.98 Å². The van der Waals surface area contributed by atoms with Crippen LogP contribution in [0.25, 0.3) is 16.7 Å². The van der Waals surface area contributed by atoms with Crippen molar-refractivity contribution in [3.8, 4) is 5.69 Å². The van der Waals surface area contributed by atoms with E-state index in [1.54, 1.807) is 0 Å². The molecule has 5 nitrogen and oxygen atoms in total. The third-order valence-corrected chi connectivity index (χ3v) is 3.92. The van der Waals surface area contributed by atoms with Gasteiger partial charge >= 0.3 is 0 Å². The number of benzene rings is 2. The molecule has 0 aliphatic heterocycles. The van der Waals surface area contributed by atoms with Crippen LogP contribution in [0, 0.1) is 0 Å². The van der Waals surface area contributed by atoms with Crippen LogP contribution in [0.1, 0.15) is 12.2 Å². The molecule has 0 saturated carbocycles. The summed E-state index contributed by atoms with van der Waals surface area (Å²) in [4.78, 5) is 16.7. The third kappa shape index (κ3) is 3.63. The fourth-order valence-electron chi connectivity index (χ4n) is 2.75. The molecule has 1 aromatic heterocycles. The molecule has 0 atom stereocenters. The molecule has 0 radical (unpaired) electrons. The number of fused-ring (bicyclic) bond motifs is 1. The van der Waals surface area contributed by atoms with Crippen LogP contribution in [0.4, 0.5) is 0 Å². The summed E-state index contributed by atoms with van der Waals surface area (Å²) in [6.07, 6.45) is 1.04. The van der Waals surface area contributed by atoms with Crippen molar-refractivity contribution in [2.45, 2.75) is 12.8 Å². The molecule has 2 aromatic carbocycles. The Morgan fingerprint density at radius 2 is 1.79 bits per heavy atom. The van der Waals surface area contributed by atoms with Gasteiger partial charge in [-0.25, -0.2) is 4.98 Å². The Morgan fingerprint density at radius 1 is 1.04 bits per heavy atom. The van der Waals surface area contributed by atoms with Crippen molar-refractivity contribution in [3.63, 3.8) is 0 Å². The summed E-state index contributed by atoms with van der Waals surface area (Å²) in [5.74, 6) is 0.961. The van der Waals surface area contributed by atoms with Gasteiger partial charge in [0, 0.05) is 31.6 Å². The maximum atomic E-state index is 12.0. The summed E-state index contributed by atoms with van der Waals surface area (Å²) >= 11 is 0. The fourth-order valence-corrected chi connectivity index (χ4v) is 2.75. The first kappa shape index (κ1) is 16.2. The minimum Gasteiger partial charge on any atom is -0.355 e. The summed E-state index contributed by atoms with van der Waals surface area (Å²) in [6.45, 7) is 1.42. The second kappa shape index (κ2) is 7.75. The lowest BCUT2D eigenvalue weighted by molar-refractivity contribution is -0.121. The van der Waals surface area contributed by atoms with Crippen molar-refractivity contribution in [3.05, 3.63) is 60.4 Å². The molecule has 0 aliphatic rings. The first-order valence-electron chi connectivity index (χ1n) is 8.22. The number of nitrogens with one attached hydrogen (secondary N) is 2. The second-order valence-electron chi connectivity index (χ2n) is 5.64. The highest BCUT2D eigenvalue weighted by molar-refractivity contribution is 5.79. The standard InChI is InChI=1S/C19H22N4O/c1-20-13-14-21-19(24)12-11-18-22-16-9-5-6-10-17(16)23(18)15-7-3-2-4-8-15/h2-10,20H,11-14H2,1H3,(H,21,24). The molecule has 3 aromatic rings. The van der Waals surface area contributed by atoms with Crippen LogP contribution in [0.15, 0.2) is 54.6 Å². The SMILES string of the molecule is CNCCNC(=O)CCc1nc2ccccc2n1-c1ccccc1. The third-order valence-electron chi connectivity index (χ3n) is 3.92. The van der Waals surface area contributed by atoms with Gasteiger partial charge in [-0.3, -0.25) is 9.36 Å². The van der Waals surface area contributed by atoms with Gasteiger partial charge in [0.25, 0.3) is 0 Å². The predicted octanol–water partition coefficient (Wildman–Crippen LogP) is 2.29. The van der Waals surface area contributed by atoms with Crippen LogP contribution in [-0.4, -0.2) is 35.6 Å². The van der Waals surface area contributed by atoms with Gasteiger partial charge in [-0.1, -0.05) is 30.3 Å². The van der Waals surface area contributed by atoms with Gasteiger partial charge in [0.15, 0.2) is 0 Å². The normalized spacial score (nSPS) is 10.9. The highest BCUT2D eigenvalue weighted by atomic mass is 16.1. The molecule has 24 heavy (non-hydrogen) atoms. The molecule has 0 aliphatic carbocycles. The maximum Gasteiger partial charge on any atom is 0.220 e. The molecule has 0 unspecified atom stereocenters. The minimum atomic E-state index is 0.0527. The molecule has 1 amide bonds. The fraction of sp³-hybridized carbons (Fsp3) is 0.263. The number of rotatable bonds is 7. The average molecular weight is 322 g/mol. The number of aromatic nitrogens is 2. The largest absolute Gasteiger partial charge is 0.355 e. The zero-order valence-corrected chi connectivity index (χ0v) is 13.8. The van der Waals surface area contributed by atoms with Gasteiger partial charge in [0.2, 0.25) is 5.91 Å². The molecule has 5 heteroatoms. The lowest BCUT2D eigenvalue weighted by Crippen LogP contribution is -2.30. The van der Waals surface area contributed by atoms with Crippen LogP contribution in [-0.2, 0) is 11.2 Å². The van der Waals surface area contributed by atoms with Crippen molar-refractivity contribution >= 4 is 16.9 Å². The summed E-state index contributed by atoms with van der Waals surface area (Å²) in [5, 5.41) is 5.92. The monoisotopic (exact) mass is 322 g/mol. The highest BCUT2D eigenvalue weighted by Crippen LogP contribution is 2.22. The van der Waals surface area contributed by atoms with E-state index in [1.807, 2.05) is 43.4 Å². The first-order valence-corrected chi connectivity index (χ1v) is 8.22. The molecule has 0 spiro atoms. The number of hydrogen-bond acceptors (Lipinski definition) is 3. The van der Waals surface area contributed by atoms with E-state index in [0.717, 1.165) is 29.1 Å². The van der Waals surface area contributed by atoms with Gasteiger partial charge in [-0.2, -0.15) is 0 Å². The Morgan fingerprint density at radius 3 is 2.58 bits per heavy atom. The zero-order valence-electron chi connectivity index (χ0n) is 13.8. The van der Waals surface area contributed by atoms with Gasteiger partial charge in [-0.05, 0) is 31.3 Å². The number of amides is 1. The number of para-hydroxylation sites is 3. The van der Waals surface area contributed by atoms with E-state index in [9.17, 15) is 4.79 Å². The number of nitrogens with zero attached hydrogens (tertiary/aromatic N) is 2. The van der Waals surface area contributed by atoms with E-state index in [2.05, 4.69) is 33.4 Å². The Kier molecular flexibility index (Phi) is 5.23. The lowest BCUT2D eigenvalue weighted by atomic mass is 10.2. The molecular formula is C19H22N4O. The Hall–Kier alpha value is -2.66. The molecular weight excluding hydrogens is 300 g/mol. The molecule has 2 N–H and O–H groups in total. The van der Waals surface area contributed by atoms with Gasteiger partial charge < -0.3 is 10.6 Å². The second-order valence-corrected chi connectivity index (χ2v) is 5.64. The van der Waals surface area contributed by atoms with Crippen molar-refractivity contribution in [2.75, 3.05) is 20.1 Å². The molecule has 0 saturated heterocycles. The van der Waals surface area contributed by atoms with Crippen molar-refractivity contribution in [1.29, 1.82) is 0 Å². The average Bonchev–Trinajstić information content (AvgIpc) is 2.99. The maximum absolute atomic E-state index is 12.0.